The van der Waals surface area contributed by atoms with Crippen LogP contribution in [0.25, 0.3) is 0 Å². The van der Waals surface area contributed by atoms with Crippen molar-refractivity contribution >= 4 is 23.3 Å². The largest absolute Gasteiger partial charge is 0.463 e. The number of nitrogens with two attached hydrogens (primary N) is 2. The van der Waals surface area contributed by atoms with Crippen molar-refractivity contribution in [2.75, 3.05) is 6.61 Å². The van der Waals surface area contributed by atoms with Crippen molar-refractivity contribution in [3.8, 4) is 0 Å². The zero-order valence-corrected chi connectivity index (χ0v) is 17.1. The van der Waals surface area contributed by atoms with Crippen molar-refractivity contribution in [3.05, 3.63) is 62.5 Å². The summed E-state index contributed by atoms with van der Waals surface area (Å²) in [4.78, 5) is 40.0. The van der Waals surface area contributed by atoms with Gasteiger partial charge in [-0.2, -0.15) is 0 Å². The monoisotopic (exact) mass is 412 g/mol. The molecule has 2 aliphatic rings. The molecule has 0 bridgehead atoms. The molecule has 0 spiro atoms. The Bertz CT molecular complexity index is 1020. The Kier molecular flexibility index (Phi) is 5.47. The first-order valence-corrected chi connectivity index (χ1v) is 9.57. The minimum absolute atomic E-state index is 0.000362. The smallest absolute Gasteiger partial charge is 0.337 e. The molecule has 1 aromatic rings. The Labute approximate surface area is 173 Å². The second kappa shape index (κ2) is 7.74. The van der Waals surface area contributed by atoms with Gasteiger partial charge in [0.05, 0.1) is 17.1 Å². The Hall–Kier alpha value is -3.49. The van der Waals surface area contributed by atoms with Crippen molar-refractivity contribution in [1.29, 1.82) is 0 Å². The Morgan fingerprint density at radius 3 is 2.43 bits per heavy atom. The number of fused-ring (bicyclic) bond motifs is 1. The van der Waals surface area contributed by atoms with Crippen LogP contribution in [0.15, 0.2) is 51.8 Å². The van der Waals surface area contributed by atoms with Gasteiger partial charge in [-0.3, -0.25) is 14.9 Å². The van der Waals surface area contributed by atoms with Crippen LogP contribution in [0.3, 0.4) is 0 Å². The normalized spacial score (nSPS) is 20.4. The third-order valence-electron chi connectivity index (χ3n) is 5.22. The lowest BCUT2D eigenvalue weighted by molar-refractivity contribution is -0.384. The number of allylic oxidation sites excluding steroid dienone is 2. The number of amides is 1. The van der Waals surface area contributed by atoms with Gasteiger partial charge in [0, 0.05) is 35.0 Å². The van der Waals surface area contributed by atoms with Gasteiger partial charge in [-0.05, 0) is 30.7 Å². The summed E-state index contributed by atoms with van der Waals surface area (Å²) in [6.45, 7) is 5.82. The number of benzene rings is 1. The van der Waals surface area contributed by atoms with Crippen LogP contribution in [0, 0.1) is 15.5 Å². The number of nitro groups is 1. The fraction of sp³-hybridized carbons (Fsp3) is 0.381. The molecule has 0 unspecified atom stereocenters. The maximum atomic E-state index is 12.9. The highest BCUT2D eigenvalue weighted by Gasteiger charge is 2.43. The van der Waals surface area contributed by atoms with Crippen molar-refractivity contribution in [3.63, 3.8) is 0 Å². The summed E-state index contributed by atoms with van der Waals surface area (Å²) in [6.07, 6.45) is 1.12. The lowest BCUT2D eigenvalue weighted by Gasteiger charge is -2.38. The summed E-state index contributed by atoms with van der Waals surface area (Å²) < 4.78 is 5.19. The Morgan fingerprint density at radius 2 is 1.90 bits per heavy atom. The molecule has 9 nitrogen and oxygen atoms in total. The highest BCUT2D eigenvalue weighted by molar-refractivity contribution is 6.14. The maximum absolute atomic E-state index is 12.9. The van der Waals surface area contributed by atoms with Gasteiger partial charge in [0.2, 0.25) is 0 Å². The van der Waals surface area contributed by atoms with E-state index in [1.807, 2.05) is 13.8 Å². The first kappa shape index (κ1) is 21.2. The van der Waals surface area contributed by atoms with Gasteiger partial charge in [0.15, 0.2) is 0 Å². The van der Waals surface area contributed by atoms with E-state index < -0.39 is 22.7 Å². The number of esters is 1. The molecule has 1 atom stereocenters. The quantitative estimate of drug-likeness (QED) is 0.431. The van der Waals surface area contributed by atoms with Gasteiger partial charge in [0.25, 0.3) is 11.6 Å². The van der Waals surface area contributed by atoms with Crippen LogP contribution in [0.2, 0.25) is 0 Å². The first-order chi connectivity index (χ1) is 14.1. The molecule has 30 heavy (non-hydrogen) atoms. The molecule has 4 N–H and O–H groups in total. The van der Waals surface area contributed by atoms with Crippen molar-refractivity contribution in [2.24, 2.45) is 21.9 Å². The first-order valence-electron chi connectivity index (χ1n) is 9.57. The summed E-state index contributed by atoms with van der Waals surface area (Å²) in [6, 6.07) is 5.78. The van der Waals surface area contributed by atoms with Crippen LogP contribution < -0.4 is 11.5 Å². The third kappa shape index (κ3) is 3.83. The predicted octanol–water partition coefficient (Wildman–Crippen LogP) is 2.47. The number of rotatable bonds is 5. The fourth-order valence-electron chi connectivity index (χ4n) is 4.07. The molecule has 9 heteroatoms. The average Bonchev–Trinajstić information content (AvgIpc) is 2.65. The zero-order chi connectivity index (χ0) is 22.2. The molecular formula is C21H24N4O5. The summed E-state index contributed by atoms with van der Waals surface area (Å²) in [5.74, 6) is -2.32. The van der Waals surface area contributed by atoms with E-state index in [9.17, 15) is 19.7 Å². The van der Waals surface area contributed by atoms with Gasteiger partial charge in [-0.1, -0.05) is 26.0 Å². The Balaban J connectivity index is 2.29. The summed E-state index contributed by atoms with van der Waals surface area (Å²) in [5, 5.41) is 11.1. The zero-order valence-electron chi connectivity index (χ0n) is 17.1. The van der Waals surface area contributed by atoms with Crippen LogP contribution in [0.1, 0.15) is 45.1 Å². The number of hydrogen-bond acceptors (Lipinski definition) is 7. The molecular weight excluding hydrogens is 388 g/mol. The van der Waals surface area contributed by atoms with E-state index in [0.717, 1.165) is 0 Å². The van der Waals surface area contributed by atoms with Gasteiger partial charge in [0.1, 0.15) is 5.70 Å². The standard InChI is InChI=1S/C21H24N4O5/c1-4-30-20(27)17-15(11-5-7-12(8-6-11)25(28)29)16-13(22)9-21(2,3)10-14(16)24-18(17)19(23)26/h5-8,15H,4,9-10,22H2,1-3H3,(H2,23,26)/t15-/m1/s1. The second-order valence-corrected chi connectivity index (χ2v) is 8.14. The van der Waals surface area contributed by atoms with Gasteiger partial charge >= 0.3 is 5.97 Å². The SMILES string of the molecule is CCOC(=O)C1=C(C(N)=O)N=C2CC(C)(C)CC(N)=C2[C@H]1c1ccc([N+](=O)[O-])cc1. The van der Waals surface area contributed by atoms with E-state index >= 15 is 0 Å². The number of primary amides is 1. The number of nitrogens with zero attached hydrogens (tertiary/aromatic N) is 2. The van der Waals surface area contributed by atoms with E-state index in [1.54, 1.807) is 19.1 Å². The van der Waals surface area contributed by atoms with E-state index in [1.165, 1.54) is 12.1 Å². The molecule has 0 saturated carbocycles. The molecule has 0 saturated heterocycles. The van der Waals surface area contributed by atoms with E-state index in [2.05, 4.69) is 4.99 Å². The van der Waals surface area contributed by atoms with Gasteiger partial charge in [-0.25, -0.2) is 9.79 Å². The molecule has 1 heterocycles. The van der Waals surface area contributed by atoms with Crippen molar-refractivity contribution in [1.82, 2.24) is 0 Å². The van der Waals surface area contributed by atoms with Gasteiger partial charge in [-0.15, -0.1) is 0 Å². The minimum Gasteiger partial charge on any atom is -0.463 e. The molecule has 0 fully saturated rings. The lowest BCUT2D eigenvalue weighted by Crippen LogP contribution is -2.37. The molecule has 158 valence electrons. The van der Waals surface area contributed by atoms with Crippen LogP contribution in [0.4, 0.5) is 5.69 Å². The molecule has 0 aromatic heterocycles. The molecule has 1 amide bonds. The molecule has 0 radical (unpaired) electrons. The third-order valence-corrected chi connectivity index (χ3v) is 5.22. The topological polar surface area (TPSA) is 151 Å². The minimum atomic E-state index is -0.849. The van der Waals surface area contributed by atoms with Crippen LogP contribution in [-0.4, -0.2) is 29.1 Å². The number of ether oxygens (including phenoxy) is 1. The number of non-ortho nitro benzene ring substituents is 1. The second-order valence-electron chi connectivity index (χ2n) is 8.14. The van der Waals surface area contributed by atoms with Crippen molar-refractivity contribution in [2.45, 2.75) is 39.5 Å². The summed E-state index contributed by atoms with van der Waals surface area (Å²) in [5.41, 5.74) is 13.9. The molecule has 1 aliphatic carbocycles. The van der Waals surface area contributed by atoms with Crippen LogP contribution in [0.5, 0.6) is 0 Å². The Morgan fingerprint density at radius 1 is 1.27 bits per heavy atom. The van der Waals surface area contributed by atoms with Crippen LogP contribution in [-0.2, 0) is 14.3 Å². The van der Waals surface area contributed by atoms with E-state index in [-0.39, 0.29) is 29.0 Å². The highest BCUT2D eigenvalue weighted by atomic mass is 16.6. The fourth-order valence-corrected chi connectivity index (χ4v) is 4.07. The lowest BCUT2D eigenvalue weighted by atomic mass is 9.68. The van der Waals surface area contributed by atoms with E-state index in [0.29, 0.717) is 35.4 Å². The summed E-state index contributed by atoms with van der Waals surface area (Å²) >= 11 is 0. The van der Waals surface area contributed by atoms with E-state index in [4.69, 9.17) is 16.2 Å². The predicted molar refractivity (Wildman–Crippen MR) is 110 cm³/mol. The van der Waals surface area contributed by atoms with Crippen LogP contribution >= 0.6 is 0 Å². The summed E-state index contributed by atoms with van der Waals surface area (Å²) in [7, 11) is 0. The number of nitro benzene ring substituents is 1. The number of hydrogen-bond donors (Lipinski definition) is 2. The highest BCUT2D eigenvalue weighted by Crippen LogP contribution is 2.47. The molecule has 3 rings (SSSR count). The van der Waals surface area contributed by atoms with Gasteiger partial charge < -0.3 is 16.2 Å². The number of carbonyl (C=O) groups is 2. The molecule has 1 aliphatic heterocycles. The molecule has 1 aromatic carbocycles. The average molecular weight is 412 g/mol. The van der Waals surface area contributed by atoms with Crippen molar-refractivity contribution < 1.29 is 19.2 Å². The number of aliphatic imine (C=N–C) groups is 1. The maximum Gasteiger partial charge on any atom is 0.337 e. The number of carbonyl (C=O) groups excluding carboxylic acids is 2.